The van der Waals surface area contributed by atoms with Gasteiger partial charge in [-0.1, -0.05) is 0 Å². The van der Waals surface area contributed by atoms with Crippen molar-refractivity contribution >= 4 is 5.91 Å². The quantitative estimate of drug-likeness (QED) is 0.690. The third-order valence-electron chi connectivity index (χ3n) is 4.06. The molecule has 2 atom stereocenters. The summed E-state index contributed by atoms with van der Waals surface area (Å²) in [6, 6.07) is 0.523. The molecule has 2 aliphatic rings. The van der Waals surface area contributed by atoms with Gasteiger partial charge in [-0.2, -0.15) is 0 Å². The van der Waals surface area contributed by atoms with Crippen LogP contribution in [0, 0.1) is 0 Å². The number of amides is 1. The third kappa shape index (κ3) is 2.78. The molecule has 1 amide bonds. The first-order chi connectivity index (χ1) is 8.11. The Morgan fingerprint density at radius 2 is 2.06 bits per heavy atom. The van der Waals surface area contributed by atoms with Crippen LogP contribution in [-0.4, -0.2) is 86.6 Å². The molecule has 2 fully saturated rings. The molecule has 2 heterocycles. The number of likely N-dealkylation sites (tertiary alicyclic amines) is 1. The lowest BCUT2D eigenvalue weighted by atomic mass is 10.2. The van der Waals surface area contributed by atoms with Crippen molar-refractivity contribution in [3.8, 4) is 0 Å². The Hall–Kier alpha value is -0.650. The van der Waals surface area contributed by atoms with Crippen molar-refractivity contribution in [1.29, 1.82) is 0 Å². The first-order valence-corrected chi connectivity index (χ1v) is 6.46. The normalized spacial score (nSPS) is 32.4. The van der Waals surface area contributed by atoms with Gasteiger partial charge in [0.05, 0.1) is 6.04 Å². The molecule has 5 nitrogen and oxygen atoms in total. The molecule has 0 aromatic rings. The fraction of sp³-hybridized carbons (Fsp3) is 0.917. The molecule has 0 radical (unpaired) electrons. The van der Waals surface area contributed by atoms with Crippen LogP contribution in [0.1, 0.15) is 6.42 Å². The van der Waals surface area contributed by atoms with E-state index in [1.165, 1.54) is 0 Å². The van der Waals surface area contributed by atoms with Crippen LogP contribution in [0.25, 0.3) is 0 Å². The molecule has 0 saturated carbocycles. The average Bonchev–Trinajstić information content (AvgIpc) is 2.65. The number of piperazine rings is 1. The van der Waals surface area contributed by atoms with Gasteiger partial charge >= 0.3 is 0 Å². The number of nitrogens with zero attached hydrogens (tertiary/aromatic N) is 3. The number of nitrogens with one attached hydrogen (secondary N) is 1. The predicted molar refractivity (Wildman–Crippen MR) is 68.0 cm³/mol. The lowest BCUT2D eigenvalue weighted by Crippen LogP contribution is -2.55. The van der Waals surface area contributed by atoms with E-state index in [-0.39, 0.29) is 11.9 Å². The molecule has 0 aliphatic carbocycles. The number of carbonyl (C=O) groups excluding carboxylic acids is 1. The minimum Gasteiger partial charge on any atom is -0.340 e. The van der Waals surface area contributed by atoms with Crippen molar-refractivity contribution in [3.63, 3.8) is 0 Å². The number of rotatable bonds is 3. The summed E-state index contributed by atoms with van der Waals surface area (Å²) in [5.74, 6) is 0.272. The fourth-order valence-corrected chi connectivity index (χ4v) is 2.74. The van der Waals surface area contributed by atoms with Gasteiger partial charge in [0.1, 0.15) is 0 Å². The molecule has 17 heavy (non-hydrogen) atoms. The second-order valence-corrected chi connectivity index (χ2v) is 5.31. The van der Waals surface area contributed by atoms with Crippen molar-refractivity contribution in [2.45, 2.75) is 18.5 Å². The maximum absolute atomic E-state index is 12.0. The van der Waals surface area contributed by atoms with Crippen LogP contribution in [-0.2, 0) is 4.79 Å². The van der Waals surface area contributed by atoms with Gasteiger partial charge in [-0.25, -0.2) is 0 Å². The first-order valence-electron chi connectivity index (χ1n) is 6.46. The van der Waals surface area contributed by atoms with Crippen LogP contribution in [0.2, 0.25) is 0 Å². The molecule has 2 saturated heterocycles. The topological polar surface area (TPSA) is 38.8 Å². The maximum atomic E-state index is 12.0. The summed E-state index contributed by atoms with van der Waals surface area (Å²) in [6.07, 6.45) is 0.946. The number of carbonyl (C=O) groups is 1. The van der Waals surface area contributed by atoms with E-state index < -0.39 is 0 Å². The Morgan fingerprint density at radius 1 is 1.29 bits per heavy atom. The van der Waals surface area contributed by atoms with Crippen LogP contribution in [0.15, 0.2) is 0 Å². The summed E-state index contributed by atoms with van der Waals surface area (Å²) in [6.45, 7) is 5.06. The first kappa shape index (κ1) is 12.8. The summed E-state index contributed by atoms with van der Waals surface area (Å²) in [4.78, 5) is 18.8. The predicted octanol–water partition coefficient (Wildman–Crippen LogP) is -0.947. The standard InChI is InChI=1S/C12H24N4O/c1-13-11-4-5-16(12(11)17)9-10-8-14(2)6-7-15(10)3/h10-11,13H,4-9H2,1-3H3. The summed E-state index contributed by atoms with van der Waals surface area (Å²) in [5.41, 5.74) is 0. The van der Waals surface area contributed by atoms with Crippen molar-refractivity contribution in [1.82, 2.24) is 20.0 Å². The lowest BCUT2D eigenvalue weighted by Gasteiger charge is -2.39. The SMILES string of the molecule is CNC1CCN(CC2CN(C)CCN2C)C1=O. The Bertz CT molecular complexity index is 284. The molecular weight excluding hydrogens is 216 g/mol. The van der Waals surface area contributed by atoms with Crippen molar-refractivity contribution < 1.29 is 4.79 Å². The van der Waals surface area contributed by atoms with E-state index in [1.54, 1.807) is 0 Å². The van der Waals surface area contributed by atoms with E-state index in [0.717, 1.165) is 39.1 Å². The van der Waals surface area contributed by atoms with E-state index in [1.807, 2.05) is 11.9 Å². The van der Waals surface area contributed by atoms with E-state index in [4.69, 9.17) is 0 Å². The molecule has 2 rings (SSSR count). The second kappa shape index (κ2) is 5.33. The van der Waals surface area contributed by atoms with Crippen LogP contribution < -0.4 is 5.32 Å². The molecule has 5 heteroatoms. The van der Waals surface area contributed by atoms with Crippen molar-refractivity contribution in [2.75, 3.05) is 53.9 Å². The summed E-state index contributed by atoms with van der Waals surface area (Å²) in [7, 11) is 6.18. The van der Waals surface area contributed by atoms with Crippen LogP contribution >= 0.6 is 0 Å². The number of hydrogen-bond acceptors (Lipinski definition) is 4. The Labute approximate surface area is 104 Å². The highest BCUT2D eigenvalue weighted by Gasteiger charge is 2.33. The Balaban J connectivity index is 1.90. The highest BCUT2D eigenvalue weighted by molar-refractivity contribution is 5.83. The van der Waals surface area contributed by atoms with E-state index >= 15 is 0 Å². The lowest BCUT2D eigenvalue weighted by molar-refractivity contribution is -0.130. The Kier molecular flexibility index (Phi) is 4.01. The summed E-state index contributed by atoms with van der Waals surface area (Å²) >= 11 is 0. The van der Waals surface area contributed by atoms with E-state index in [9.17, 15) is 4.79 Å². The van der Waals surface area contributed by atoms with Crippen molar-refractivity contribution in [3.05, 3.63) is 0 Å². The van der Waals surface area contributed by atoms with Crippen LogP contribution in [0.4, 0.5) is 0 Å². The van der Waals surface area contributed by atoms with Gasteiger partial charge in [0.2, 0.25) is 5.91 Å². The largest absolute Gasteiger partial charge is 0.340 e. The van der Waals surface area contributed by atoms with Gasteiger partial charge in [0.15, 0.2) is 0 Å². The highest BCUT2D eigenvalue weighted by atomic mass is 16.2. The molecule has 2 unspecified atom stereocenters. The third-order valence-corrected chi connectivity index (χ3v) is 4.06. The van der Waals surface area contributed by atoms with Gasteiger partial charge in [0.25, 0.3) is 0 Å². The monoisotopic (exact) mass is 240 g/mol. The zero-order valence-corrected chi connectivity index (χ0v) is 11.1. The van der Waals surface area contributed by atoms with Crippen LogP contribution in [0.5, 0.6) is 0 Å². The van der Waals surface area contributed by atoms with Gasteiger partial charge in [-0.3, -0.25) is 9.69 Å². The maximum Gasteiger partial charge on any atom is 0.239 e. The molecule has 98 valence electrons. The molecule has 2 aliphatic heterocycles. The molecule has 1 N–H and O–H groups in total. The molecular formula is C12H24N4O. The highest BCUT2D eigenvalue weighted by Crippen LogP contribution is 2.14. The van der Waals surface area contributed by atoms with Gasteiger partial charge in [-0.05, 0) is 27.6 Å². The smallest absolute Gasteiger partial charge is 0.239 e. The number of hydrogen-bond donors (Lipinski definition) is 1. The zero-order valence-electron chi connectivity index (χ0n) is 11.1. The summed E-state index contributed by atoms with van der Waals surface area (Å²) < 4.78 is 0. The van der Waals surface area contributed by atoms with Gasteiger partial charge < -0.3 is 15.1 Å². The molecule has 0 aromatic carbocycles. The number of likely N-dealkylation sites (N-methyl/N-ethyl adjacent to an activating group) is 3. The van der Waals surface area contributed by atoms with E-state index in [0.29, 0.717) is 6.04 Å². The van der Waals surface area contributed by atoms with E-state index in [2.05, 4.69) is 29.2 Å². The molecule has 0 spiro atoms. The van der Waals surface area contributed by atoms with Gasteiger partial charge in [0, 0.05) is 38.8 Å². The average molecular weight is 240 g/mol. The second-order valence-electron chi connectivity index (χ2n) is 5.31. The molecule has 0 bridgehead atoms. The Morgan fingerprint density at radius 3 is 2.71 bits per heavy atom. The zero-order chi connectivity index (χ0) is 12.4. The summed E-state index contributed by atoms with van der Waals surface area (Å²) in [5, 5.41) is 3.09. The van der Waals surface area contributed by atoms with Gasteiger partial charge in [-0.15, -0.1) is 0 Å². The van der Waals surface area contributed by atoms with Crippen molar-refractivity contribution in [2.24, 2.45) is 0 Å². The minimum atomic E-state index is 0.0432. The van der Waals surface area contributed by atoms with Crippen LogP contribution in [0.3, 0.4) is 0 Å². The molecule has 0 aromatic heterocycles. The fourth-order valence-electron chi connectivity index (χ4n) is 2.74. The minimum absolute atomic E-state index is 0.0432.